The number of pyridine rings is 2. The average Bonchev–Trinajstić information content (AvgIpc) is 3.65. The van der Waals surface area contributed by atoms with Crippen LogP contribution in [0.15, 0.2) is 73.2 Å². The summed E-state index contributed by atoms with van der Waals surface area (Å²) in [6, 6.07) is 16.2. The van der Waals surface area contributed by atoms with Crippen molar-refractivity contribution < 1.29 is 38.2 Å². The van der Waals surface area contributed by atoms with Gasteiger partial charge in [0, 0.05) is 66.6 Å². The molecule has 3 aliphatic heterocycles. The molecule has 2 aromatic carbocycles. The van der Waals surface area contributed by atoms with Crippen LogP contribution in [0.25, 0.3) is 32.9 Å². The number of rotatable bonds is 14. The number of nitrogens with one attached hydrogen (secondary N) is 1. The van der Waals surface area contributed by atoms with Crippen molar-refractivity contribution in [2.45, 2.75) is 64.0 Å². The van der Waals surface area contributed by atoms with Gasteiger partial charge in [0.1, 0.15) is 17.9 Å². The molecule has 5 aromatic rings. The van der Waals surface area contributed by atoms with Gasteiger partial charge in [0.05, 0.1) is 48.4 Å². The van der Waals surface area contributed by atoms with Crippen LogP contribution >= 0.6 is 0 Å². The lowest BCUT2D eigenvalue weighted by Crippen LogP contribution is -2.77. The zero-order valence-electron chi connectivity index (χ0n) is 33.6. The van der Waals surface area contributed by atoms with Crippen molar-refractivity contribution in [2.24, 2.45) is 23.8 Å². The minimum Gasteiger partial charge on any atom is -0.494 e. The molecule has 3 saturated carbocycles. The third kappa shape index (κ3) is 6.13. The highest BCUT2D eigenvalue weighted by Gasteiger charge is 2.77. The van der Waals surface area contributed by atoms with E-state index in [0.29, 0.717) is 44.5 Å². The van der Waals surface area contributed by atoms with Crippen LogP contribution in [0, 0.1) is 16.7 Å². The molecule has 308 valence electrons. The van der Waals surface area contributed by atoms with Gasteiger partial charge in [-0.1, -0.05) is 19.1 Å². The highest BCUT2D eigenvalue weighted by Crippen LogP contribution is 2.77. The maximum absolute atomic E-state index is 13.6. The first-order valence-electron chi connectivity index (χ1n) is 20.9. The van der Waals surface area contributed by atoms with Gasteiger partial charge >= 0.3 is 0 Å². The molecule has 3 aliphatic carbocycles. The normalized spacial score (nSPS) is 24.6. The number of fused-ring (bicyclic) bond motifs is 4. The Hall–Kier alpha value is -6.15. The summed E-state index contributed by atoms with van der Waals surface area (Å²) in [7, 11) is 2.07. The molecule has 14 heteroatoms. The lowest BCUT2D eigenvalue weighted by molar-refractivity contribution is -0.283. The van der Waals surface area contributed by atoms with Gasteiger partial charge in [-0.25, -0.2) is 4.98 Å². The smallest absolute Gasteiger partial charge is 0.262 e. The van der Waals surface area contributed by atoms with Crippen LogP contribution in [-0.4, -0.2) is 98.9 Å². The zero-order valence-corrected chi connectivity index (χ0v) is 33.6. The van der Waals surface area contributed by atoms with Gasteiger partial charge in [0.25, 0.3) is 11.8 Å². The van der Waals surface area contributed by atoms with E-state index in [-0.39, 0.29) is 52.7 Å². The Morgan fingerprint density at radius 2 is 1.67 bits per heavy atom. The number of hydrogen-bond acceptors (Lipinski definition) is 10. The predicted octanol–water partition coefficient (Wildman–Crippen LogP) is 5.46. The highest BCUT2D eigenvalue weighted by molar-refractivity contribution is 6.23. The van der Waals surface area contributed by atoms with Crippen LogP contribution in [0.2, 0.25) is 0 Å². The molecule has 60 heavy (non-hydrogen) atoms. The summed E-state index contributed by atoms with van der Waals surface area (Å²) < 4.78 is 20.4. The van der Waals surface area contributed by atoms with Crippen LogP contribution < -0.4 is 14.8 Å². The topological polar surface area (TPSA) is 162 Å². The van der Waals surface area contributed by atoms with Crippen molar-refractivity contribution in [3.8, 4) is 22.8 Å². The SMILES string of the molecule is C[C@@H]1C2(COCCCCCOc3ccc4c(c3)C(=O)N(C3CCC(=O)NC3=O)C4=O)CC1(C(=O)N1CC(Oc3ccc(-c4ccc5c6cnccc6n(C)c5c4)cn3)C1)C2. The van der Waals surface area contributed by atoms with Crippen LogP contribution in [0.5, 0.6) is 11.6 Å². The Morgan fingerprint density at radius 1 is 0.867 bits per heavy atom. The number of amides is 5. The van der Waals surface area contributed by atoms with Crippen molar-refractivity contribution in [3.05, 3.63) is 84.3 Å². The lowest BCUT2D eigenvalue weighted by atomic mass is 9.29. The van der Waals surface area contributed by atoms with Crippen LogP contribution in [0.4, 0.5) is 0 Å². The molecule has 1 unspecified atom stereocenters. The standard InChI is InChI=1S/C46H46N6O8/c1-27-45(26-58-16-4-3-5-17-59-30-8-10-33-34(19-30)43(56)52(42(33)55)37-11-12-39(53)49-41(37)54)24-46(27,25-45)44(57)51-22-31(23-51)60-40-13-7-29(20-48-40)28-6-9-32-35-21-47-15-14-36(35)50(2)38(32)18-28/h6-10,13-15,18-21,27,31,37H,3-5,11-12,16-17,22-26H2,1-2H3,(H,49,53,54)/t27-,37?,45?,46?/m1/s1. The second kappa shape index (κ2) is 14.5. The molecule has 11 rings (SSSR count). The van der Waals surface area contributed by atoms with E-state index in [4.69, 9.17) is 14.2 Å². The Labute approximate surface area is 346 Å². The number of ether oxygens (including phenoxy) is 3. The number of carbonyl (C=O) groups is 5. The summed E-state index contributed by atoms with van der Waals surface area (Å²) in [6.07, 6.45) is 10.0. The number of hydrogen-bond donors (Lipinski definition) is 1. The van der Waals surface area contributed by atoms with Crippen molar-refractivity contribution in [2.75, 3.05) is 32.9 Å². The first-order chi connectivity index (χ1) is 29.0. The Bertz CT molecular complexity index is 2590. The fourth-order valence-corrected chi connectivity index (χ4v) is 10.2. The number of piperidine rings is 1. The van der Waals surface area contributed by atoms with Gasteiger partial charge in [-0.15, -0.1) is 0 Å². The maximum Gasteiger partial charge on any atom is 0.262 e. The molecule has 5 amide bonds. The molecule has 14 nitrogen and oxygen atoms in total. The van der Waals surface area contributed by atoms with Gasteiger partial charge in [-0.3, -0.25) is 39.2 Å². The van der Waals surface area contributed by atoms with E-state index in [2.05, 4.69) is 52.0 Å². The number of aromatic nitrogens is 3. The monoisotopic (exact) mass is 810 g/mol. The number of nitrogens with zero attached hydrogens (tertiary/aromatic N) is 5. The van der Waals surface area contributed by atoms with E-state index in [1.165, 1.54) is 5.39 Å². The van der Waals surface area contributed by atoms with Crippen molar-refractivity contribution in [3.63, 3.8) is 0 Å². The minimum atomic E-state index is -0.999. The quantitative estimate of drug-likeness (QED) is 0.113. The molecule has 2 bridgehead atoms. The Balaban J connectivity index is 0.621. The molecule has 1 N–H and O–H groups in total. The molecule has 3 aromatic heterocycles. The first kappa shape index (κ1) is 38.1. The second-order valence-corrected chi connectivity index (χ2v) is 17.2. The van der Waals surface area contributed by atoms with Crippen LogP contribution in [-0.2, 0) is 26.2 Å². The molecular weight excluding hydrogens is 765 g/mol. The van der Waals surface area contributed by atoms with E-state index in [1.807, 2.05) is 41.7 Å². The molecule has 2 saturated heterocycles. The van der Waals surface area contributed by atoms with E-state index in [9.17, 15) is 24.0 Å². The number of likely N-dealkylation sites (tertiary alicyclic amines) is 1. The Kier molecular flexibility index (Phi) is 9.23. The maximum atomic E-state index is 13.6. The summed E-state index contributed by atoms with van der Waals surface area (Å²) >= 11 is 0. The van der Waals surface area contributed by atoms with Gasteiger partial charge in [-0.05, 0) is 91.8 Å². The predicted molar refractivity (Wildman–Crippen MR) is 219 cm³/mol. The molecule has 0 radical (unpaired) electrons. The summed E-state index contributed by atoms with van der Waals surface area (Å²) in [6.45, 7) is 5.08. The van der Waals surface area contributed by atoms with Gasteiger partial charge < -0.3 is 23.7 Å². The molecule has 6 aliphatic rings. The van der Waals surface area contributed by atoms with E-state index >= 15 is 0 Å². The summed E-state index contributed by atoms with van der Waals surface area (Å²) in [5.41, 5.74) is 4.62. The number of benzene rings is 2. The summed E-state index contributed by atoms with van der Waals surface area (Å²) in [4.78, 5) is 75.2. The third-order valence-electron chi connectivity index (χ3n) is 13.8. The number of aryl methyl sites for hydroxylation is 1. The van der Waals surface area contributed by atoms with Gasteiger partial charge in [-0.2, -0.15) is 0 Å². The fraction of sp³-hybridized carbons (Fsp3) is 0.413. The largest absolute Gasteiger partial charge is 0.494 e. The molecule has 5 fully saturated rings. The van der Waals surface area contributed by atoms with E-state index < -0.39 is 29.7 Å². The van der Waals surface area contributed by atoms with Gasteiger partial charge in [0.2, 0.25) is 23.6 Å². The van der Waals surface area contributed by atoms with E-state index in [1.54, 1.807) is 18.2 Å². The summed E-state index contributed by atoms with van der Waals surface area (Å²) in [5.74, 6) is -0.568. The number of carbonyl (C=O) groups excluding carboxylic acids is 5. The molecule has 6 heterocycles. The number of unbranched alkanes of at least 4 members (excludes halogenated alkanes) is 2. The first-order valence-corrected chi connectivity index (χ1v) is 20.9. The van der Waals surface area contributed by atoms with Crippen LogP contribution in [0.1, 0.15) is 72.6 Å². The van der Waals surface area contributed by atoms with Crippen molar-refractivity contribution in [1.29, 1.82) is 0 Å². The van der Waals surface area contributed by atoms with Crippen molar-refractivity contribution >= 4 is 51.3 Å². The minimum absolute atomic E-state index is 0.0699. The summed E-state index contributed by atoms with van der Waals surface area (Å²) in [5, 5.41) is 4.52. The average molecular weight is 811 g/mol. The molecular formula is C46H46N6O8. The highest BCUT2D eigenvalue weighted by atomic mass is 16.5. The third-order valence-corrected chi connectivity index (χ3v) is 13.8. The number of imide groups is 2. The fourth-order valence-electron chi connectivity index (χ4n) is 10.2. The molecule has 0 spiro atoms. The molecule has 2 atom stereocenters. The second-order valence-electron chi connectivity index (χ2n) is 17.2. The van der Waals surface area contributed by atoms with Crippen molar-refractivity contribution in [1.82, 2.24) is 29.7 Å². The Morgan fingerprint density at radius 3 is 2.45 bits per heavy atom. The van der Waals surface area contributed by atoms with Gasteiger partial charge in [0.15, 0.2) is 0 Å². The van der Waals surface area contributed by atoms with Crippen LogP contribution in [0.3, 0.4) is 0 Å². The lowest BCUT2D eigenvalue weighted by Gasteiger charge is -2.75. The van der Waals surface area contributed by atoms with E-state index in [0.717, 1.165) is 64.6 Å². The zero-order chi connectivity index (χ0) is 41.3.